The molecule has 172 valence electrons. The first-order valence-corrected chi connectivity index (χ1v) is 11.0. The molecule has 1 atom stereocenters. The Morgan fingerprint density at radius 1 is 0.824 bits per heavy atom. The lowest BCUT2D eigenvalue weighted by Crippen LogP contribution is -2.27. The molecule has 0 spiro atoms. The van der Waals surface area contributed by atoms with E-state index in [2.05, 4.69) is 10.3 Å². The van der Waals surface area contributed by atoms with E-state index >= 15 is 0 Å². The topological polar surface area (TPSA) is 119 Å². The first-order chi connectivity index (χ1) is 16.5. The lowest BCUT2D eigenvalue weighted by Gasteiger charge is -2.16. The second kappa shape index (κ2) is 10.5. The molecule has 34 heavy (non-hydrogen) atoms. The first kappa shape index (κ1) is 22.8. The first-order valence-electron chi connectivity index (χ1n) is 11.0. The van der Waals surface area contributed by atoms with Crippen LogP contribution >= 0.6 is 0 Å². The molecule has 4 aromatic rings. The van der Waals surface area contributed by atoms with Crippen LogP contribution in [0.2, 0.25) is 0 Å². The van der Waals surface area contributed by atoms with Gasteiger partial charge in [0.05, 0.1) is 6.54 Å². The van der Waals surface area contributed by atoms with Crippen LogP contribution in [0.4, 0.5) is 0 Å². The van der Waals surface area contributed by atoms with Crippen molar-refractivity contribution in [3.63, 3.8) is 0 Å². The normalized spacial score (nSPS) is 11.6. The smallest absolute Gasteiger partial charge is 0.251 e. The van der Waals surface area contributed by atoms with E-state index in [1.807, 2.05) is 89.5 Å². The Hall–Kier alpha value is -4.36. The Labute approximate surface area is 198 Å². The number of rotatable bonds is 8. The number of amides is 1. The quantitative estimate of drug-likeness (QED) is 0.242. The van der Waals surface area contributed by atoms with Gasteiger partial charge in [0.15, 0.2) is 12.2 Å². The average molecular weight is 454 g/mol. The van der Waals surface area contributed by atoms with Crippen LogP contribution in [-0.4, -0.2) is 27.8 Å². The van der Waals surface area contributed by atoms with Crippen molar-refractivity contribution in [1.29, 1.82) is 0 Å². The second-order valence-electron chi connectivity index (χ2n) is 7.86. The Balaban J connectivity index is 1.58. The summed E-state index contributed by atoms with van der Waals surface area (Å²) in [7, 11) is 0. The van der Waals surface area contributed by atoms with E-state index in [-0.39, 0.29) is 18.4 Å². The van der Waals surface area contributed by atoms with Gasteiger partial charge in [0, 0.05) is 23.5 Å². The highest BCUT2D eigenvalue weighted by molar-refractivity contribution is 5.94. The minimum atomic E-state index is -1.10. The summed E-state index contributed by atoms with van der Waals surface area (Å²) < 4.78 is 1.97. The molecule has 1 heterocycles. The highest BCUT2D eigenvalue weighted by Gasteiger charge is 2.15. The molecule has 7 nitrogen and oxygen atoms in total. The molecule has 0 saturated heterocycles. The number of nitrogens with one attached hydrogen (secondary N) is 1. The summed E-state index contributed by atoms with van der Waals surface area (Å²) in [5.41, 5.74) is 16.2. The SMILES string of the molecule is NC(N)=NC(O)Cn1c(-c2ccccc2)ccc1-c1ccc(C(=O)NCc2ccccc2)cc1. The van der Waals surface area contributed by atoms with E-state index in [9.17, 15) is 9.90 Å². The van der Waals surface area contributed by atoms with Gasteiger partial charge in [0.2, 0.25) is 0 Å². The molecule has 4 rings (SSSR count). The predicted molar refractivity (Wildman–Crippen MR) is 135 cm³/mol. The molecular formula is C27H27N5O2. The minimum absolute atomic E-state index is 0.140. The van der Waals surface area contributed by atoms with Gasteiger partial charge in [-0.15, -0.1) is 0 Å². The van der Waals surface area contributed by atoms with Crippen LogP contribution in [-0.2, 0) is 13.1 Å². The van der Waals surface area contributed by atoms with Crippen LogP contribution in [0, 0.1) is 0 Å². The van der Waals surface area contributed by atoms with Crippen LogP contribution in [0.5, 0.6) is 0 Å². The molecule has 0 aliphatic carbocycles. The number of aliphatic hydroxyl groups is 1. The zero-order chi connectivity index (χ0) is 23.9. The van der Waals surface area contributed by atoms with Gasteiger partial charge >= 0.3 is 0 Å². The fourth-order valence-corrected chi connectivity index (χ4v) is 3.83. The third kappa shape index (κ3) is 5.51. The maximum absolute atomic E-state index is 12.6. The number of guanidine groups is 1. The number of aliphatic hydroxyl groups excluding tert-OH is 1. The summed E-state index contributed by atoms with van der Waals surface area (Å²) in [5, 5.41) is 13.3. The molecule has 7 heteroatoms. The van der Waals surface area contributed by atoms with Gasteiger partial charge in [0.1, 0.15) is 0 Å². The summed E-state index contributed by atoms with van der Waals surface area (Å²) in [5.74, 6) is -0.313. The van der Waals surface area contributed by atoms with Crippen molar-refractivity contribution in [3.8, 4) is 22.5 Å². The molecule has 0 aliphatic heterocycles. The molecule has 0 aliphatic rings. The minimum Gasteiger partial charge on any atom is -0.370 e. The van der Waals surface area contributed by atoms with Gasteiger partial charge in [-0.1, -0.05) is 72.8 Å². The fraction of sp³-hybridized carbons (Fsp3) is 0.111. The molecular weight excluding hydrogens is 426 g/mol. The van der Waals surface area contributed by atoms with Gasteiger partial charge in [-0.3, -0.25) is 4.79 Å². The van der Waals surface area contributed by atoms with Gasteiger partial charge in [0.25, 0.3) is 5.91 Å². The Kier molecular flexibility index (Phi) is 7.05. The zero-order valence-electron chi connectivity index (χ0n) is 18.6. The molecule has 3 aromatic carbocycles. The van der Waals surface area contributed by atoms with E-state index in [0.717, 1.165) is 28.1 Å². The zero-order valence-corrected chi connectivity index (χ0v) is 18.6. The third-order valence-electron chi connectivity index (χ3n) is 5.43. The maximum atomic E-state index is 12.6. The molecule has 0 saturated carbocycles. The number of benzene rings is 3. The maximum Gasteiger partial charge on any atom is 0.251 e. The molecule has 0 radical (unpaired) electrons. The summed E-state index contributed by atoms with van der Waals surface area (Å²) in [6.07, 6.45) is -1.10. The third-order valence-corrected chi connectivity index (χ3v) is 5.43. The molecule has 1 amide bonds. The van der Waals surface area contributed by atoms with Crippen LogP contribution in [0.1, 0.15) is 15.9 Å². The lowest BCUT2D eigenvalue weighted by molar-refractivity contribution is 0.0951. The number of aromatic nitrogens is 1. The average Bonchev–Trinajstić information content (AvgIpc) is 3.26. The van der Waals surface area contributed by atoms with E-state index in [1.54, 1.807) is 12.1 Å². The largest absolute Gasteiger partial charge is 0.370 e. The van der Waals surface area contributed by atoms with Crippen molar-refractivity contribution < 1.29 is 9.90 Å². The highest BCUT2D eigenvalue weighted by atomic mass is 16.3. The van der Waals surface area contributed by atoms with Crippen LogP contribution < -0.4 is 16.8 Å². The molecule has 1 aromatic heterocycles. The Morgan fingerprint density at radius 3 is 1.97 bits per heavy atom. The number of carbonyl (C=O) groups excluding carboxylic acids is 1. The highest BCUT2D eigenvalue weighted by Crippen LogP contribution is 2.29. The summed E-state index contributed by atoms with van der Waals surface area (Å²) in [4.78, 5) is 16.4. The molecule has 6 N–H and O–H groups in total. The number of hydrogen-bond acceptors (Lipinski definition) is 3. The van der Waals surface area contributed by atoms with Crippen molar-refractivity contribution in [3.05, 3.63) is 108 Å². The fourth-order valence-electron chi connectivity index (χ4n) is 3.83. The number of carbonyl (C=O) groups is 1. The number of hydrogen-bond donors (Lipinski definition) is 4. The van der Waals surface area contributed by atoms with Gasteiger partial charge in [-0.25, -0.2) is 4.99 Å². The van der Waals surface area contributed by atoms with E-state index in [4.69, 9.17) is 11.5 Å². The second-order valence-corrected chi connectivity index (χ2v) is 7.86. The van der Waals surface area contributed by atoms with E-state index in [1.165, 1.54) is 0 Å². The Bertz CT molecular complexity index is 1260. The van der Waals surface area contributed by atoms with Gasteiger partial charge < -0.3 is 26.5 Å². The van der Waals surface area contributed by atoms with Crippen LogP contribution in [0.15, 0.2) is 102 Å². The Morgan fingerprint density at radius 2 is 1.38 bits per heavy atom. The van der Waals surface area contributed by atoms with E-state index < -0.39 is 6.23 Å². The number of nitrogens with two attached hydrogens (primary N) is 2. The molecule has 0 fully saturated rings. The predicted octanol–water partition coefficient (Wildman–Crippen LogP) is 3.34. The van der Waals surface area contributed by atoms with Crippen LogP contribution in [0.25, 0.3) is 22.5 Å². The lowest BCUT2D eigenvalue weighted by atomic mass is 10.1. The van der Waals surface area contributed by atoms with Crippen molar-refractivity contribution >= 4 is 11.9 Å². The summed E-state index contributed by atoms with van der Waals surface area (Å²) >= 11 is 0. The molecule has 1 unspecified atom stereocenters. The van der Waals surface area contributed by atoms with Crippen molar-refractivity contribution in [2.45, 2.75) is 19.3 Å². The van der Waals surface area contributed by atoms with Crippen molar-refractivity contribution in [1.82, 2.24) is 9.88 Å². The standard InChI is InChI=1S/C27H27N5O2/c28-27(29)31-25(33)18-32-23(20-9-5-2-6-10-20)15-16-24(32)21-11-13-22(14-12-21)26(34)30-17-19-7-3-1-4-8-19/h1-16,25,33H,17-18H2,(H,30,34)(H4,28,29,31). The van der Waals surface area contributed by atoms with E-state index in [0.29, 0.717) is 12.1 Å². The summed E-state index contributed by atoms with van der Waals surface area (Å²) in [6, 6.07) is 31.0. The van der Waals surface area contributed by atoms with Crippen molar-refractivity contribution in [2.24, 2.45) is 16.5 Å². The number of aliphatic imine (C=N–C) groups is 1. The molecule has 0 bridgehead atoms. The van der Waals surface area contributed by atoms with Crippen molar-refractivity contribution in [2.75, 3.05) is 0 Å². The summed E-state index contributed by atoms with van der Waals surface area (Å²) in [6.45, 7) is 0.636. The van der Waals surface area contributed by atoms with Gasteiger partial charge in [-0.2, -0.15) is 0 Å². The van der Waals surface area contributed by atoms with Gasteiger partial charge in [-0.05, 0) is 41.0 Å². The monoisotopic (exact) mass is 453 g/mol. The number of nitrogens with zero attached hydrogens (tertiary/aromatic N) is 2. The van der Waals surface area contributed by atoms with Crippen LogP contribution in [0.3, 0.4) is 0 Å².